The molecule has 0 fully saturated rings. The van der Waals surface area contributed by atoms with Gasteiger partial charge in [-0.25, -0.2) is 0 Å². The molecule has 0 spiro atoms. The van der Waals surface area contributed by atoms with Gasteiger partial charge in [0.05, 0.1) is 5.41 Å². The number of rotatable bonds is 7. The molecule has 0 atom stereocenters. The molecule has 0 aliphatic heterocycles. The van der Waals surface area contributed by atoms with Gasteiger partial charge in [0, 0.05) is 33.4 Å². The molecule has 0 amide bonds. The third-order valence-corrected chi connectivity index (χ3v) is 12.7. The van der Waals surface area contributed by atoms with Gasteiger partial charge in [-0.05, 0) is 103 Å². The maximum absolute atomic E-state index is 6.49. The van der Waals surface area contributed by atoms with E-state index in [2.05, 4.69) is 229 Å². The fourth-order valence-corrected chi connectivity index (χ4v) is 10.1. The van der Waals surface area contributed by atoms with Crippen molar-refractivity contribution in [2.24, 2.45) is 0 Å². The second-order valence-corrected chi connectivity index (χ2v) is 16.0. The van der Waals surface area contributed by atoms with Gasteiger partial charge in [0.2, 0.25) is 0 Å². The third kappa shape index (κ3) is 5.50. The van der Waals surface area contributed by atoms with Crippen LogP contribution in [0, 0.1) is 0 Å². The zero-order valence-electron chi connectivity index (χ0n) is 33.4. The average Bonchev–Trinajstić information content (AvgIpc) is 3.86. The summed E-state index contributed by atoms with van der Waals surface area (Å²) in [5, 5.41) is 4.73. The maximum Gasteiger partial charge on any atom is 0.143 e. The number of hydrogen-bond donors (Lipinski definition) is 0. The minimum absolute atomic E-state index is 0.518. The predicted octanol–water partition coefficient (Wildman–Crippen LogP) is 15.9. The summed E-state index contributed by atoms with van der Waals surface area (Å²) in [5.74, 6) is 0. The Hall–Kier alpha value is -7.94. The van der Waals surface area contributed by atoms with Gasteiger partial charge in [-0.3, -0.25) is 0 Å². The van der Waals surface area contributed by atoms with Crippen LogP contribution in [0.2, 0.25) is 0 Å². The molecule has 0 saturated heterocycles. The van der Waals surface area contributed by atoms with E-state index in [1.54, 1.807) is 0 Å². The number of hydrogen-bond acceptors (Lipinski definition) is 2. The van der Waals surface area contributed by atoms with Gasteiger partial charge < -0.3 is 9.32 Å². The molecule has 1 heterocycles. The predicted molar refractivity (Wildman–Crippen MR) is 254 cm³/mol. The number of anilines is 3. The lowest BCUT2D eigenvalue weighted by Crippen LogP contribution is -2.28. The van der Waals surface area contributed by atoms with Crippen LogP contribution in [0.25, 0.3) is 66.1 Å². The van der Waals surface area contributed by atoms with Crippen molar-refractivity contribution >= 4 is 49.8 Å². The molecule has 0 unspecified atom stereocenters. The molecular weight excluding hydrogens is 739 g/mol. The third-order valence-electron chi connectivity index (χ3n) is 12.7. The standard InChI is InChI=1S/C59H39NO/c1-3-19-43(20-4-1)59(44-21-5-2-6-22-44)55-30-11-9-25-51(55)52-37-36-47(39-56(52)59)60(46-23-13-18-42(38-46)49-27-14-17-40-16-7-8-24-48(40)49)45-34-32-41(33-35-45)50-28-15-29-54-53-26-10-12-31-57(53)61-58(50)54/h1-39H. The van der Waals surface area contributed by atoms with E-state index in [1.165, 1.54) is 55.3 Å². The van der Waals surface area contributed by atoms with Crippen LogP contribution in [0.5, 0.6) is 0 Å². The number of nitrogens with zero attached hydrogens (tertiary/aromatic N) is 1. The second-order valence-electron chi connectivity index (χ2n) is 16.0. The van der Waals surface area contributed by atoms with E-state index in [9.17, 15) is 0 Å². The zero-order valence-corrected chi connectivity index (χ0v) is 33.4. The van der Waals surface area contributed by atoms with Gasteiger partial charge in [0.25, 0.3) is 0 Å². The highest BCUT2D eigenvalue weighted by Gasteiger charge is 2.46. The smallest absolute Gasteiger partial charge is 0.143 e. The van der Waals surface area contributed by atoms with E-state index < -0.39 is 5.41 Å². The summed E-state index contributed by atoms with van der Waals surface area (Å²) in [6.07, 6.45) is 0. The molecule has 1 aliphatic rings. The van der Waals surface area contributed by atoms with Crippen molar-refractivity contribution in [2.45, 2.75) is 5.41 Å². The van der Waals surface area contributed by atoms with Crippen molar-refractivity contribution in [1.82, 2.24) is 0 Å². The Morgan fingerprint density at radius 1 is 0.328 bits per heavy atom. The van der Waals surface area contributed by atoms with Gasteiger partial charge in [0.1, 0.15) is 11.2 Å². The molecule has 12 rings (SSSR count). The van der Waals surface area contributed by atoms with Crippen LogP contribution in [-0.4, -0.2) is 0 Å². The molecule has 2 nitrogen and oxygen atoms in total. The van der Waals surface area contributed by atoms with E-state index in [-0.39, 0.29) is 0 Å². The fourth-order valence-electron chi connectivity index (χ4n) is 10.1. The number of fused-ring (bicyclic) bond motifs is 7. The highest BCUT2D eigenvalue weighted by molar-refractivity contribution is 6.09. The highest BCUT2D eigenvalue weighted by Crippen LogP contribution is 2.57. The molecule has 0 N–H and O–H groups in total. The normalized spacial score (nSPS) is 12.7. The van der Waals surface area contributed by atoms with Gasteiger partial charge >= 0.3 is 0 Å². The topological polar surface area (TPSA) is 16.4 Å². The molecular formula is C59H39NO. The second kappa shape index (κ2) is 14.1. The van der Waals surface area contributed by atoms with Crippen molar-refractivity contribution in [3.05, 3.63) is 259 Å². The van der Waals surface area contributed by atoms with Crippen molar-refractivity contribution in [1.29, 1.82) is 0 Å². The van der Waals surface area contributed by atoms with Crippen molar-refractivity contribution in [3.63, 3.8) is 0 Å². The molecule has 286 valence electrons. The van der Waals surface area contributed by atoms with Crippen molar-refractivity contribution < 1.29 is 4.42 Å². The molecule has 2 heteroatoms. The molecule has 0 radical (unpaired) electrons. The first-order valence-corrected chi connectivity index (χ1v) is 21.0. The SMILES string of the molecule is c1ccc(C2(c3ccccc3)c3ccccc3-c3ccc(N(c4ccc(-c5cccc6c5oc5ccccc56)cc4)c4cccc(-c5cccc6ccccc56)c4)cc32)cc1. The Labute approximate surface area is 355 Å². The van der Waals surface area contributed by atoms with E-state index in [0.29, 0.717) is 0 Å². The summed E-state index contributed by atoms with van der Waals surface area (Å²) in [5.41, 5.74) is 16.7. The maximum atomic E-state index is 6.49. The minimum Gasteiger partial charge on any atom is -0.455 e. The van der Waals surface area contributed by atoms with Gasteiger partial charge in [-0.1, -0.05) is 194 Å². The number of para-hydroxylation sites is 2. The lowest BCUT2D eigenvalue weighted by atomic mass is 9.67. The molecule has 0 bridgehead atoms. The van der Waals surface area contributed by atoms with Gasteiger partial charge in [-0.15, -0.1) is 0 Å². The molecule has 0 saturated carbocycles. The fraction of sp³-hybridized carbons (Fsp3) is 0.0169. The van der Waals surface area contributed by atoms with E-state index in [4.69, 9.17) is 4.42 Å². The molecule has 1 aliphatic carbocycles. The first-order chi connectivity index (χ1) is 30.3. The van der Waals surface area contributed by atoms with Crippen molar-refractivity contribution in [3.8, 4) is 33.4 Å². The molecule has 11 aromatic rings. The Balaban J connectivity index is 1.07. The van der Waals surface area contributed by atoms with Crippen LogP contribution >= 0.6 is 0 Å². The van der Waals surface area contributed by atoms with Crippen molar-refractivity contribution in [2.75, 3.05) is 4.90 Å². The molecule has 10 aromatic carbocycles. The summed E-state index contributed by atoms with van der Waals surface area (Å²) in [6, 6.07) is 86.1. The average molecular weight is 778 g/mol. The quantitative estimate of drug-likeness (QED) is 0.160. The number of furan rings is 1. The summed E-state index contributed by atoms with van der Waals surface area (Å²) in [6.45, 7) is 0. The lowest BCUT2D eigenvalue weighted by Gasteiger charge is -2.35. The Morgan fingerprint density at radius 2 is 0.902 bits per heavy atom. The first-order valence-electron chi connectivity index (χ1n) is 21.0. The van der Waals surface area contributed by atoms with Crippen LogP contribution in [-0.2, 0) is 5.41 Å². The van der Waals surface area contributed by atoms with E-state index in [0.717, 1.165) is 50.1 Å². The van der Waals surface area contributed by atoms with Crippen LogP contribution < -0.4 is 4.90 Å². The molecule has 1 aromatic heterocycles. The van der Waals surface area contributed by atoms with Gasteiger partial charge in [0.15, 0.2) is 0 Å². The highest BCUT2D eigenvalue weighted by atomic mass is 16.3. The lowest BCUT2D eigenvalue weighted by molar-refractivity contribution is 0.670. The Kier molecular flexibility index (Phi) is 8.11. The van der Waals surface area contributed by atoms with E-state index in [1.807, 2.05) is 12.1 Å². The monoisotopic (exact) mass is 777 g/mol. The minimum atomic E-state index is -0.518. The summed E-state index contributed by atoms with van der Waals surface area (Å²) in [4.78, 5) is 2.42. The zero-order chi connectivity index (χ0) is 40.3. The van der Waals surface area contributed by atoms with Crippen LogP contribution in [0.15, 0.2) is 241 Å². The van der Waals surface area contributed by atoms with Crippen LogP contribution in [0.3, 0.4) is 0 Å². The Morgan fingerprint density at radius 3 is 1.72 bits per heavy atom. The Bertz CT molecular complexity index is 3370. The summed E-state index contributed by atoms with van der Waals surface area (Å²) < 4.78 is 6.49. The molecule has 61 heavy (non-hydrogen) atoms. The summed E-state index contributed by atoms with van der Waals surface area (Å²) >= 11 is 0. The van der Waals surface area contributed by atoms with E-state index >= 15 is 0 Å². The number of benzene rings is 10. The van der Waals surface area contributed by atoms with Crippen LogP contribution in [0.4, 0.5) is 17.1 Å². The van der Waals surface area contributed by atoms with Crippen LogP contribution in [0.1, 0.15) is 22.3 Å². The largest absolute Gasteiger partial charge is 0.455 e. The first kappa shape index (κ1) is 35.0. The summed E-state index contributed by atoms with van der Waals surface area (Å²) in [7, 11) is 0. The van der Waals surface area contributed by atoms with Gasteiger partial charge in [-0.2, -0.15) is 0 Å².